The molecule has 0 spiro atoms. The number of amides is 3. The molecule has 2 saturated carbocycles. The highest BCUT2D eigenvalue weighted by atomic mass is 16.5. The Kier molecular flexibility index (Phi) is 11.2. The fourth-order valence-corrected chi connectivity index (χ4v) is 11.1. The van der Waals surface area contributed by atoms with Crippen LogP contribution in [0.2, 0.25) is 0 Å². The minimum Gasteiger partial charge on any atom is -0.381 e. The number of carbonyl (C=O) groups is 4. The first-order valence-corrected chi connectivity index (χ1v) is 22.8. The Morgan fingerprint density at radius 1 is 0.758 bits per heavy atom. The van der Waals surface area contributed by atoms with Gasteiger partial charge in [-0.25, -0.2) is 4.98 Å². The van der Waals surface area contributed by atoms with Crippen molar-refractivity contribution in [2.24, 2.45) is 34.6 Å². The van der Waals surface area contributed by atoms with Crippen LogP contribution in [-0.2, 0) is 28.7 Å². The molecule has 2 aliphatic carbocycles. The molecule has 3 aromatic rings. The fraction of sp³-hybridized carbons (Fsp3) is 0.520. The quantitative estimate of drug-likeness (QED) is 0.220. The Morgan fingerprint density at radius 3 is 1.95 bits per heavy atom. The molecule has 12 heteroatoms. The number of hydrogen-bond acceptors (Lipinski definition) is 8. The molecule has 2 N–H and O–H groups in total. The number of H-pyrrole nitrogens is 1. The van der Waals surface area contributed by atoms with Crippen LogP contribution < -0.4 is 5.32 Å². The molecule has 5 aliphatic heterocycles. The van der Waals surface area contributed by atoms with Gasteiger partial charge < -0.3 is 34.4 Å². The highest BCUT2D eigenvalue weighted by Crippen LogP contribution is 2.54. The van der Waals surface area contributed by atoms with E-state index < -0.39 is 6.04 Å². The van der Waals surface area contributed by atoms with Crippen LogP contribution in [0.1, 0.15) is 106 Å². The van der Waals surface area contributed by atoms with Crippen molar-refractivity contribution in [2.75, 3.05) is 26.4 Å². The summed E-state index contributed by atoms with van der Waals surface area (Å²) in [5.41, 5.74) is 6.90. The van der Waals surface area contributed by atoms with E-state index in [9.17, 15) is 19.2 Å². The molecule has 0 bridgehead atoms. The molecule has 62 heavy (non-hydrogen) atoms. The van der Waals surface area contributed by atoms with Gasteiger partial charge in [0.25, 0.3) is 0 Å². The van der Waals surface area contributed by atoms with E-state index in [1.807, 2.05) is 53.7 Å². The normalized spacial score (nSPS) is 27.6. The number of imidazole rings is 1. The van der Waals surface area contributed by atoms with Gasteiger partial charge in [0.2, 0.25) is 17.7 Å². The van der Waals surface area contributed by atoms with Crippen LogP contribution >= 0.6 is 0 Å². The van der Waals surface area contributed by atoms with Crippen molar-refractivity contribution in [3.8, 4) is 23.2 Å². The van der Waals surface area contributed by atoms with Crippen molar-refractivity contribution in [3.63, 3.8) is 0 Å². The second-order valence-electron chi connectivity index (χ2n) is 18.8. The Labute approximate surface area is 363 Å². The minimum atomic E-state index is -0.542. The van der Waals surface area contributed by atoms with Crippen molar-refractivity contribution in [1.29, 1.82) is 0 Å². The van der Waals surface area contributed by atoms with Crippen LogP contribution in [-0.4, -0.2) is 99.6 Å². The van der Waals surface area contributed by atoms with Gasteiger partial charge in [-0.2, -0.15) is 0 Å². The molecule has 1 aromatic heterocycles. The van der Waals surface area contributed by atoms with Gasteiger partial charge in [0.05, 0.1) is 29.7 Å². The summed E-state index contributed by atoms with van der Waals surface area (Å²) in [7, 11) is 0. The predicted octanol–water partition coefficient (Wildman–Crippen LogP) is 6.16. The van der Waals surface area contributed by atoms with Gasteiger partial charge >= 0.3 is 0 Å². The van der Waals surface area contributed by atoms with Crippen molar-refractivity contribution in [1.82, 2.24) is 25.1 Å². The van der Waals surface area contributed by atoms with E-state index in [-0.39, 0.29) is 65.4 Å². The van der Waals surface area contributed by atoms with Crippen LogP contribution in [0.3, 0.4) is 0 Å². The van der Waals surface area contributed by atoms with Crippen molar-refractivity contribution in [2.45, 2.75) is 108 Å². The lowest BCUT2D eigenvalue weighted by molar-refractivity contribution is -0.142. The van der Waals surface area contributed by atoms with E-state index >= 15 is 0 Å². The predicted molar refractivity (Wildman–Crippen MR) is 232 cm³/mol. The van der Waals surface area contributed by atoms with Crippen molar-refractivity contribution in [3.05, 3.63) is 88.9 Å². The molecule has 8 atom stereocenters. The van der Waals surface area contributed by atoms with E-state index in [2.05, 4.69) is 39.2 Å². The highest BCUT2D eigenvalue weighted by molar-refractivity contribution is 6.04. The minimum absolute atomic E-state index is 0.00787. The third-order valence-electron chi connectivity index (χ3n) is 14.6. The lowest BCUT2D eigenvalue weighted by Crippen LogP contribution is -2.53. The number of carbonyl (C=O) groups excluding carboxylic acids is 4. The van der Waals surface area contributed by atoms with Crippen molar-refractivity contribution >= 4 is 29.2 Å². The Morgan fingerprint density at radius 2 is 1.34 bits per heavy atom. The van der Waals surface area contributed by atoms with E-state index in [1.165, 1.54) is 12.5 Å². The largest absolute Gasteiger partial charge is 0.381 e. The van der Waals surface area contributed by atoms with Crippen LogP contribution in [0, 0.1) is 41.4 Å². The zero-order chi connectivity index (χ0) is 42.5. The van der Waals surface area contributed by atoms with E-state index in [0.717, 1.165) is 90.9 Å². The molecule has 3 amide bonds. The van der Waals surface area contributed by atoms with Crippen LogP contribution in [0.25, 0.3) is 11.4 Å². The third kappa shape index (κ3) is 8.29. The number of Topliss-reactive ketones (excluding diaryl/α,β-unsaturated/α-hetero) is 1. The zero-order valence-corrected chi connectivity index (χ0v) is 35.7. The SMILES string of the molecule is CC(=O)C[C@H](C(=O)N1[C@@H]2C[C@@H]2C[C@H]1C1=CN=C(c2ccc(C#Cc3ccc(-c4ncc([C@@H]5C[C@H]6C[C@H]6N5C(=O)[C@@H](NC(C)=O)C5CCOCC5)[nH]4)cc3)cc2)C1)C1CCOCC1. The van der Waals surface area contributed by atoms with Gasteiger partial charge in [0.1, 0.15) is 17.6 Å². The van der Waals surface area contributed by atoms with E-state index in [0.29, 0.717) is 51.1 Å². The van der Waals surface area contributed by atoms with Gasteiger partial charge in [-0.3, -0.25) is 19.4 Å². The molecule has 0 radical (unpaired) electrons. The first-order valence-electron chi connectivity index (χ1n) is 22.8. The summed E-state index contributed by atoms with van der Waals surface area (Å²) in [4.78, 5) is 70.1. The number of aromatic nitrogens is 2. The fourth-order valence-electron chi connectivity index (χ4n) is 11.1. The third-order valence-corrected chi connectivity index (χ3v) is 14.6. The molecule has 10 rings (SSSR count). The summed E-state index contributed by atoms with van der Waals surface area (Å²) < 4.78 is 11.1. The van der Waals surface area contributed by atoms with Crippen LogP contribution in [0.15, 0.2) is 71.5 Å². The maximum absolute atomic E-state index is 14.2. The number of fused-ring (bicyclic) bond motifs is 2. The summed E-state index contributed by atoms with van der Waals surface area (Å²) in [5, 5.41) is 2.99. The summed E-state index contributed by atoms with van der Waals surface area (Å²) in [5.74, 6) is 8.43. The molecule has 6 heterocycles. The smallest absolute Gasteiger partial charge is 0.246 e. The maximum atomic E-state index is 14.2. The van der Waals surface area contributed by atoms with Gasteiger partial charge in [-0.05, 0) is 117 Å². The summed E-state index contributed by atoms with van der Waals surface area (Å²) >= 11 is 0. The first-order chi connectivity index (χ1) is 30.2. The number of nitrogens with one attached hydrogen (secondary N) is 2. The lowest BCUT2D eigenvalue weighted by Gasteiger charge is -2.36. The number of nitrogens with zero attached hydrogens (tertiary/aromatic N) is 4. The number of rotatable bonds is 11. The van der Waals surface area contributed by atoms with Gasteiger partial charge in [0.15, 0.2) is 0 Å². The second kappa shape index (κ2) is 17.1. The molecular weight excluding hydrogens is 781 g/mol. The molecule has 12 nitrogen and oxygen atoms in total. The number of piperidine rings is 2. The standard InChI is InChI=1S/C50H56N6O6/c1-29(57)21-40(33-13-17-61-18-14-33)49(59)55-43-23-37(43)25-45(55)39-22-41(51-27-39)34-9-5-31(6-10-34)3-4-32-7-11-36(12-8-32)48-52-28-42(54-48)46-26-38-24-44(38)56(46)50(60)47(53-30(2)58)35-15-19-62-20-16-35/h5-12,27-28,33,35,37-38,40,43-47H,13-26H2,1-2H3,(H,52,54)(H,53,58)/t37-,38-,40+,43-,44-,45+,46+,47+/m1/s1. The Bertz CT molecular complexity index is 2350. The average molecular weight is 837 g/mol. The Balaban J connectivity index is 0.758. The number of benzene rings is 2. The number of ketones is 1. The molecule has 4 saturated heterocycles. The van der Waals surface area contributed by atoms with Crippen LogP contribution in [0.4, 0.5) is 0 Å². The number of aliphatic imine (C=N–C) groups is 1. The van der Waals surface area contributed by atoms with Gasteiger partial charge in [-0.15, -0.1) is 0 Å². The molecule has 322 valence electrons. The number of ether oxygens (including phenoxy) is 2. The molecule has 7 aliphatic rings. The van der Waals surface area contributed by atoms with Gasteiger partial charge in [-0.1, -0.05) is 36.1 Å². The molecular formula is C50H56N6O6. The topological polar surface area (TPSA) is 146 Å². The zero-order valence-electron chi connectivity index (χ0n) is 35.7. The van der Waals surface area contributed by atoms with Gasteiger partial charge in [0, 0.05) is 87.1 Å². The number of likely N-dealkylation sites (tertiary alicyclic amines) is 2. The number of aromatic amines is 1. The monoisotopic (exact) mass is 836 g/mol. The second-order valence-corrected chi connectivity index (χ2v) is 18.8. The highest BCUT2D eigenvalue weighted by Gasteiger charge is 2.57. The first kappa shape index (κ1) is 40.7. The number of hydrogen-bond donors (Lipinski definition) is 2. The maximum Gasteiger partial charge on any atom is 0.246 e. The summed E-state index contributed by atoms with van der Waals surface area (Å²) in [6.45, 7) is 5.62. The van der Waals surface area contributed by atoms with Crippen LogP contribution in [0.5, 0.6) is 0 Å². The average Bonchev–Trinajstić information content (AvgIpc) is 3.87. The summed E-state index contributed by atoms with van der Waals surface area (Å²) in [6.07, 6.45) is 12.0. The van der Waals surface area contributed by atoms with Crippen molar-refractivity contribution < 1.29 is 28.7 Å². The molecule has 0 unspecified atom stereocenters. The van der Waals surface area contributed by atoms with E-state index in [1.54, 1.807) is 6.92 Å². The molecule has 2 aromatic carbocycles. The lowest BCUT2D eigenvalue weighted by atomic mass is 9.81. The Hall–Kier alpha value is -5.38. The summed E-state index contributed by atoms with van der Waals surface area (Å²) in [6, 6.07) is 16.2. The molecule has 6 fully saturated rings. The van der Waals surface area contributed by atoms with E-state index in [4.69, 9.17) is 19.5 Å².